The average molecular weight is 290 g/mol. The monoisotopic (exact) mass is 289 g/mol. The fourth-order valence-electron chi connectivity index (χ4n) is 1.49. The zero-order chi connectivity index (χ0) is 13.7. The Kier molecular flexibility index (Phi) is 6.27. The van der Waals surface area contributed by atoms with E-state index in [9.17, 15) is 0 Å². The second-order valence-electron chi connectivity index (χ2n) is 5.04. The zero-order valence-corrected chi connectivity index (χ0v) is 12.8. The summed E-state index contributed by atoms with van der Waals surface area (Å²) in [7, 11) is 0. The molecule has 102 valence electrons. The van der Waals surface area contributed by atoms with Gasteiger partial charge in [-0.3, -0.25) is 0 Å². The van der Waals surface area contributed by atoms with E-state index in [4.69, 9.17) is 27.9 Å². The summed E-state index contributed by atoms with van der Waals surface area (Å²) in [6, 6.07) is 5.81. The van der Waals surface area contributed by atoms with E-state index in [-0.39, 0.29) is 6.10 Å². The molecule has 0 saturated carbocycles. The molecule has 0 aliphatic carbocycles. The average Bonchev–Trinajstić information content (AvgIpc) is 2.28. The van der Waals surface area contributed by atoms with Crippen molar-refractivity contribution in [3.8, 4) is 5.75 Å². The lowest BCUT2D eigenvalue weighted by molar-refractivity contribution is 0.146. The highest BCUT2D eigenvalue weighted by atomic mass is 35.5. The molecule has 0 aromatic heterocycles. The summed E-state index contributed by atoms with van der Waals surface area (Å²) in [4.78, 5) is 0. The molecule has 0 radical (unpaired) electrons. The lowest BCUT2D eigenvalue weighted by Gasteiger charge is -2.24. The Morgan fingerprint density at radius 2 is 1.78 bits per heavy atom. The van der Waals surface area contributed by atoms with Crippen LogP contribution in [0, 0.1) is 5.92 Å². The Morgan fingerprint density at radius 1 is 1.11 bits per heavy atom. The molecule has 0 aliphatic rings. The van der Waals surface area contributed by atoms with Crippen LogP contribution in [-0.4, -0.2) is 18.7 Å². The Labute approximate surface area is 120 Å². The zero-order valence-electron chi connectivity index (χ0n) is 11.3. The first-order chi connectivity index (χ1) is 8.40. The van der Waals surface area contributed by atoms with Crippen LogP contribution in [0.25, 0.3) is 0 Å². The number of rotatable bonds is 6. The maximum absolute atomic E-state index is 5.98. The topological polar surface area (TPSA) is 21.3 Å². The first-order valence-electron chi connectivity index (χ1n) is 6.25. The summed E-state index contributed by atoms with van der Waals surface area (Å²) in [5, 5.41) is 4.46. The standard InChI is InChI=1S/C14H21Cl2NO/c1-9(2)14(8-17-10(3)4)18-11-5-6-12(15)13(16)7-11/h5-7,9-10,14,17H,8H2,1-4H3. The Morgan fingerprint density at radius 3 is 2.28 bits per heavy atom. The minimum atomic E-state index is 0.115. The van der Waals surface area contributed by atoms with Crippen LogP contribution in [0.5, 0.6) is 5.75 Å². The van der Waals surface area contributed by atoms with Gasteiger partial charge in [-0.1, -0.05) is 50.9 Å². The molecule has 1 atom stereocenters. The number of benzene rings is 1. The van der Waals surface area contributed by atoms with Gasteiger partial charge in [-0.2, -0.15) is 0 Å². The molecule has 0 heterocycles. The molecule has 1 rings (SSSR count). The number of nitrogens with one attached hydrogen (secondary N) is 1. The normalized spacial score (nSPS) is 13.1. The lowest BCUT2D eigenvalue weighted by Crippen LogP contribution is -2.38. The molecule has 1 unspecified atom stereocenters. The van der Waals surface area contributed by atoms with Crippen LogP contribution in [0.3, 0.4) is 0 Å². The minimum Gasteiger partial charge on any atom is -0.489 e. The first-order valence-corrected chi connectivity index (χ1v) is 7.00. The van der Waals surface area contributed by atoms with Gasteiger partial charge in [0.05, 0.1) is 10.0 Å². The van der Waals surface area contributed by atoms with Crippen molar-refractivity contribution in [1.82, 2.24) is 5.32 Å². The highest BCUT2D eigenvalue weighted by Crippen LogP contribution is 2.27. The summed E-state index contributed by atoms with van der Waals surface area (Å²) in [5.74, 6) is 1.18. The van der Waals surface area contributed by atoms with Gasteiger partial charge < -0.3 is 10.1 Å². The van der Waals surface area contributed by atoms with E-state index < -0.39 is 0 Å². The van der Waals surface area contributed by atoms with E-state index in [0.29, 0.717) is 22.0 Å². The molecule has 2 nitrogen and oxygen atoms in total. The SMILES string of the molecule is CC(C)NCC(Oc1ccc(Cl)c(Cl)c1)C(C)C. The molecule has 0 amide bonds. The van der Waals surface area contributed by atoms with E-state index in [0.717, 1.165) is 12.3 Å². The molecule has 1 N–H and O–H groups in total. The molecule has 0 spiro atoms. The van der Waals surface area contributed by atoms with Gasteiger partial charge in [0.25, 0.3) is 0 Å². The number of ether oxygens (including phenoxy) is 1. The van der Waals surface area contributed by atoms with Gasteiger partial charge in [-0.15, -0.1) is 0 Å². The van der Waals surface area contributed by atoms with Crippen LogP contribution in [-0.2, 0) is 0 Å². The van der Waals surface area contributed by atoms with Crippen molar-refractivity contribution in [2.24, 2.45) is 5.92 Å². The highest BCUT2D eigenvalue weighted by Gasteiger charge is 2.16. The fourth-order valence-corrected chi connectivity index (χ4v) is 1.78. The van der Waals surface area contributed by atoms with Gasteiger partial charge in [-0.25, -0.2) is 0 Å². The predicted molar refractivity (Wildman–Crippen MR) is 78.9 cm³/mol. The van der Waals surface area contributed by atoms with Gasteiger partial charge >= 0.3 is 0 Å². The third-order valence-electron chi connectivity index (χ3n) is 2.65. The number of halogens is 2. The van der Waals surface area contributed by atoms with E-state index in [1.54, 1.807) is 12.1 Å². The molecule has 1 aromatic rings. The largest absolute Gasteiger partial charge is 0.489 e. The molecule has 0 bridgehead atoms. The summed E-state index contributed by atoms with van der Waals surface area (Å²) in [5.41, 5.74) is 0. The van der Waals surface area contributed by atoms with Crippen molar-refractivity contribution in [2.75, 3.05) is 6.54 Å². The van der Waals surface area contributed by atoms with Crippen molar-refractivity contribution in [3.05, 3.63) is 28.2 Å². The van der Waals surface area contributed by atoms with Gasteiger partial charge in [0.1, 0.15) is 11.9 Å². The molecule has 4 heteroatoms. The molecule has 0 aliphatic heterocycles. The molecular weight excluding hydrogens is 269 g/mol. The first kappa shape index (κ1) is 15.6. The molecule has 0 fully saturated rings. The van der Waals surface area contributed by atoms with Crippen LogP contribution in [0.1, 0.15) is 27.7 Å². The summed E-state index contributed by atoms with van der Waals surface area (Å²) >= 11 is 11.9. The highest BCUT2D eigenvalue weighted by molar-refractivity contribution is 6.42. The van der Waals surface area contributed by atoms with E-state index in [1.165, 1.54) is 0 Å². The van der Waals surface area contributed by atoms with Crippen LogP contribution in [0.15, 0.2) is 18.2 Å². The minimum absolute atomic E-state index is 0.115. The third-order valence-corrected chi connectivity index (χ3v) is 3.39. The van der Waals surface area contributed by atoms with Crippen LogP contribution in [0.2, 0.25) is 10.0 Å². The fraction of sp³-hybridized carbons (Fsp3) is 0.571. The molecule has 0 saturated heterocycles. The van der Waals surface area contributed by atoms with Crippen molar-refractivity contribution in [3.63, 3.8) is 0 Å². The van der Waals surface area contributed by atoms with Gasteiger partial charge in [0.2, 0.25) is 0 Å². The van der Waals surface area contributed by atoms with Crippen LogP contribution in [0.4, 0.5) is 0 Å². The lowest BCUT2D eigenvalue weighted by atomic mass is 10.1. The molecular formula is C14H21Cl2NO. The van der Waals surface area contributed by atoms with E-state index >= 15 is 0 Å². The van der Waals surface area contributed by atoms with Crippen molar-refractivity contribution < 1.29 is 4.74 Å². The maximum atomic E-state index is 5.98. The maximum Gasteiger partial charge on any atom is 0.121 e. The van der Waals surface area contributed by atoms with Gasteiger partial charge in [0, 0.05) is 18.7 Å². The quantitative estimate of drug-likeness (QED) is 0.838. The molecule has 18 heavy (non-hydrogen) atoms. The van der Waals surface area contributed by atoms with Gasteiger partial charge in [0.15, 0.2) is 0 Å². The van der Waals surface area contributed by atoms with E-state index in [2.05, 4.69) is 33.0 Å². The summed E-state index contributed by atoms with van der Waals surface area (Å²) in [6.07, 6.45) is 0.115. The van der Waals surface area contributed by atoms with Crippen molar-refractivity contribution in [1.29, 1.82) is 0 Å². The predicted octanol–water partition coefficient (Wildman–Crippen LogP) is 4.39. The van der Waals surface area contributed by atoms with Crippen molar-refractivity contribution in [2.45, 2.75) is 39.8 Å². The summed E-state index contributed by atoms with van der Waals surface area (Å²) in [6.45, 7) is 9.34. The number of hydrogen-bond donors (Lipinski definition) is 1. The number of hydrogen-bond acceptors (Lipinski definition) is 2. The van der Waals surface area contributed by atoms with Crippen LogP contribution < -0.4 is 10.1 Å². The molecule has 1 aromatic carbocycles. The Bertz CT molecular complexity index is 380. The second-order valence-corrected chi connectivity index (χ2v) is 5.85. The smallest absolute Gasteiger partial charge is 0.121 e. The van der Waals surface area contributed by atoms with Crippen LogP contribution >= 0.6 is 23.2 Å². The Balaban J connectivity index is 2.67. The second kappa shape index (κ2) is 7.22. The summed E-state index contributed by atoms with van der Waals surface area (Å²) < 4.78 is 5.96. The Hall–Kier alpha value is -0.440. The van der Waals surface area contributed by atoms with E-state index in [1.807, 2.05) is 6.07 Å². The van der Waals surface area contributed by atoms with Crippen molar-refractivity contribution >= 4 is 23.2 Å². The third kappa shape index (κ3) is 5.05. The van der Waals surface area contributed by atoms with Gasteiger partial charge in [-0.05, 0) is 18.1 Å².